The van der Waals surface area contributed by atoms with E-state index in [9.17, 15) is 13.2 Å². The summed E-state index contributed by atoms with van der Waals surface area (Å²) in [5, 5.41) is 2.85. The van der Waals surface area contributed by atoms with Crippen molar-refractivity contribution in [1.29, 1.82) is 0 Å². The number of nitrogens with zero attached hydrogens (tertiary/aromatic N) is 1. The Labute approximate surface area is 177 Å². The van der Waals surface area contributed by atoms with E-state index in [2.05, 4.69) is 5.32 Å². The van der Waals surface area contributed by atoms with Gasteiger partial charge in [0.15, 0.2) is 0 Å². The van der Waals surface area contributed by atoms with Crippen molar-refractivity contribution in [2.75, 3.05) is 23.8 Å². The van der Waals surface area contributed by atoms with Gasteiger partial charge in [-0.05, 0) is 67.4 Å². The second-order valence-corrected chi connectivity index (χ2v) is 8.91. The highest BCUT2D eigenvalue weighted by atomic mass is 32.2. The lowest BCUT2D eigenvalue weighted by molar-refractivity contribution is 0.102. The molecule has 3 aromatic rings. The number of rotatable bonds is 6. The van der Waals surface area contributed by atoms with Crippen LogP contribution in [-0.4, -0.2) is 28.5 Å². The van der Waals surface area contributed by atoms with Gasteiger partial charge >= 0.3 is 0 Å². The molecule has 0 aliphatic rings. The standard InChI is InChI=1S/C23H24N2O4S/c1-16-10-13-22(29-4)20(14-16)24-23(26)18-11-12-21(17(2)15-18)25(3)30(27,28)19-8-6-5-7-9-19/h5-15H,1-4H3,(H,24,26). The Bertz CT molecular complexity index is 1180. The summed E-state index contributed by atoms with van der Waals surface area (Å²) >= 11 is 0. The SMILES string of the molecule is COc1ccc(C)cc1NC(=O)c1ccc(N(C)S(=O)(=O)c2ccccc2)c(C)c1. The number of hydrogen-bond donors (Lipinski definition) is 1. The molecule has 0 spiro atoms. The Balaban J connectivity index is 1.87. The van der Waals surface area contributed by atoms with Crippen molar-refractivity contribution in [3.8, 4) is 5.75 Å². The first-order chi connectivity index (χ1) is 14.2. The zero-order valence-electron chi connectivity index (χ0n) is 17.3. The number of sulfonamides is 1. The van der Waals surface area contributed by atoms with E-state index >= 15 is 0 Å². The highest BCUT2D eigenvalue weighted by Gasteiger charge is 2.22. The fourth-order valence-electron chi connectivity index (χ4n) is 3.14. The summed E-state index contributed by atoms with van der Waals surface area (Å²) in [7, 11) is -0.648. The molecule has 3 rings (SSSR count). The molecule has 0 aliphatic carbocycles. The molecular formula is C23H24N2O4S. The van der Waals surface area contributed by atoms with Crippen LogP contribution >= 0.6 is 0 Å². The highest BCUT2D eigenvalue weighted by molar-refractivity contribution is 7.92. The third kappa shape index (κ3) is 4.31. The zero-order valence-corrected chi connectivity index (χ0v) is 18.2. The van der Waals surface area contributed by atoms with E-state index in [1.54, 1.807) is 68.6 Å². The van der Waals surface area contributed by atoms with Crippen LogP contribution in [0.4, 0.5) is 11.4 Å². The van der Waals surface area contributed by atoms with Gasteiger partial charge in [0.2, 0.25) is 0 Å². The van der Waals surface area contributed by atoms with Crippen molar-refractivity contribution < 1.29 is 17.9 Å². The van der Waals surface area contributed by atoms with E-state index in [0.717, 1.165) is 5.56 Å². The number of hydrogen-bond acceptors (Lipinski definition) is 4. The molecule has 0 fully saturated rings. The van der Waals surface area contributed by atoms with Gasteiger partial charge in [-0.25, -0.2) is 8.42 Å². The minimum atomic E-state index is -3.69. The summed E-state index contributed by atoms with van der Waals surface area (Å²) in [5.41, 5.74) is 3.16. The molecule has 156 valence electrons. The van der Waals surface area contributed by atoms with Gasteiger partial charge in [-0.15, -0.1) is 0 Å². The quantitative estimate of drug-likeness (QED) is 0.637. The van der Waals surface area contributed by atoms with Crippen molar-refractivity contribution in [3.05, 3.63) is 83.4 Å². The van der Waals surface area contributed by atoms with Gasteiger partial charge in [-0.1, -0.05) is 24.3 Å². The molecule has 0 aliphatic heterocycles. The van der Waals surface area contributed by atoms with Gasteiger partial charge < -0.3 is 10.1 Å². The number of anilines is 2. The number of methoxy groups -OCH3 is 1. The van der Waals surface area contributed by atoms with E-state index in [1.807, 2.05) is 19.1 Å². The maximum absolute atomic E-state index is 12.9. The fraction of sp³-hybridized carbons (Fsp3) is 0.174. The van der Waals surface area contributed by atoms with Crippen molar-refractivity contribution in [3.63, 3.8) is 0 Å². The summed E-state index contributed by atoms with van der Waals surface area (Å²) in [5.74, 6) is 0.262. The smallest absolute Gasteiger partial charge is 0.264 e. The number of aryl methyl sites for hydroxylation is 2. The van der Waals surface area contributed by atoms with E-state index < -0.39 is 10.0 Å². The maximum atomic E-state index is 12.9. The number of carbonyl (C=O) groups is 1. The van der Waals surface area contributed by atoms with Crippen LogP contribution in [0.25, 0.3) is 0 Å². The van der Waals surface area contributed by atoms with Crippen molar-refractivity contribution in [1.82, 2.24) is 0 Å². The van der Waals surface area contributed by atoms with Crippen LogP contribution in [0.15, 0.2) is 71.6 Å². The first-order valence-electron chi connectivity index (χ1n) is 9.34. The molecule has 3 aromatic carbocycles. The Kier molecular flexibility index (Phi) is 6.12. The van der Waals surface area contributed by atoms with Crippen molar-refractivity contribution in [2.24, 2.45) is 0 Å². The molecule has 7 heteroatoms. The van der Waals surface area contributed by atoms with Gasteiger partial charge in [0.25, 0.3) is 15.9 Å². The molecule has 0 saturated carbocycles. The summed E-state index contributed by atoms with van der Waals surface area (Å²) in [4.78, 5) is 13.0. The predicted molar refractivity (Wildman–Crippen MR) is 119 cm³/mol. The maximum Gasteiger partial charge on any atom is 0.264 e. The topological polar surface area (TPSA) is 75.7 Å². The Hall–Kier alpha value is -3.32. The van der Waals surface area contributed by atoms with E-state index in [1.165, 1.54) is 11.4 Å². The predicted octanol–water partition coefficient (Wildman–Crippen LogP) is 4.39. The van der Waals surface area contributed by atoms with Gasteiger partial charge in [-0.2, -0.15) is 0 Å². The largest absolute Gasteiger partial charge is 0.495 e. The number of nitrogens with one attached hydrogen (secondary N) is 1. The summed E-state index contributed by atoms with van der Waals surface area (Å²) < 4.78 is 32.3. The van der Waals surface area contributed by atoms with Gasteiger partial charge in [-0.3, -0.25) is 9.10 Å². The van der Waals surface area contributed by atoms with E-state index in [4.69, 9.17) is 4.74 Å². The molecule has 0 saturated heterocycles. The molecule has 0 heterocycles. The normalized spacial score (nSPS) is 11.1. The third-order valence-electron chi connectivity index (χ3n) is 4.80. The van der Waals surface area contributed by atoms with Crippen molar-refractivity contribution >= 4 is 27.3 Å². The summed E-state index contributed by atoms with van der Waals surface area (Å²) in [6.07, 6.45) is 0. The van der Waals surface area contributed by atoms with Crippen LogP contribution in [0.1, 0.15) is 21.5 Å². The van der Waals surface area contributed by atoms with Gasteiger partial charge in [0.05, 0.1) is 23.4 Å². The molecular weight excluding hydrogens is 400 g/mol. The molecule has 1 amide bonds. The van der Waals surface area contributed by atoms with Crippen LogP contribution in [-0.2, 0) is 10.0 Å². The summed E-state index contributed by atoms with van der Waals surface area (Å²) in [6, 6.07) is 18.7. The first kappa shape index (κ1) is 21.4. The first-order valence-corrected chi connectivity index (χ1v) is 10.8. The second-order valence-electron chi connectivity index (χ2n) is 6.94. The third-order valence-corrected chi connectivity index (χ3v) is 6.59. The molecule has 0 aromatic heterocycles. The Morgan fingerprint density at radius 3 is 2.30 bits per heavy atom. The minimum Gasteiger partial charge on any atom is -0.495 e. The molecule has 0 radical (unpaired) electrons. The second kappa shape index (κ2) is 8.59. The van der Waals surface area contributed by atoms with E-state index in [0.29, 0.717) is 28.3 Å². The van der Waals surface area contributed by atoms with Crippen LogP contribution in [0.5, 0.6) is 5.75 Å². The zero-order chi connectivity index (χ0) is 21.9. The van der Waals surface area contributed by atoms with Crippen LogP contribution in [0.3, 0.4) is 0 Å². The molecule has 1 N–H and O–H groups in total. The van der Waals surface area contributed by atoms with E-state index in [-0.39, 0.29) is 10.8 Å². The molecule has 0 bridgehead atoms. The lowest BCUT2D eigenvalue weighted by Gasteiger charge is -2.22. The van der Waals surface area contributed by atoms with Gasteiger partial charge in [0.1, 0.15) is 5.75 Å². The average Bonchev–Trinajstić information content (AvgIpc) is 2.74. The van der Waals surface area contributed by atoms with Crippen LogP contribution in [0, 0.1) is 13.8 Å². The molecule has 6 nitrogen and oxygen atoms in total. The molecule has 0 unspecified atom stereocenters. The fourth-order valence-corrected chi connectivity index (χ4v) is 4.43. The number of benzene rings is 3. The average molecular weight is 425 g/mol. The molecule has 30 heavy (non-hydrogen) atoms. The summed E-state index contributed by atoms with van der Waals surface area (Å²) in [6.45, 7) is 3.70. The number of ether oxygens (including phenoxy) is 1. The van der Waals surface area contributed by atoms with Gasteiger partial charge in [0, 0.05) is 12.6 Å². The number of carbonyl (C=O) groups excluding carboxylic acids is 1. The minimum absolute atomic E-state index is 0.209. The van der Waals surface area contributed by atoms with Crippen LogP contribution in [0.2, 0.25) is 0 Å². The lowest BCUT2D eigenvalue weighted by Crippen LogP contribution is -2.27. The lowest BCUT2D eigenvalue weighted by atomic mass is 10.1. The van der Waals surface area contributed by atoms with Crippen molar-refractivity contribution in [2.45, 2.75) is 18.7 Å². The molecule has 0 atom stereocenters. The Morgan fingerprint density at radius 1 is 0.967 bits per heavy atom. The number of amides is 1. The van der Waals surface area contributed by atoms with Crippen LogP contribution < -0.4 is 14.4 Å². The monoisotopic (exact) mass is 424 g/mol. The Morgan fingerprint density at radius 2 is 1.67 bits per heavy atom. The highest BCUT2D eigenvalue weighted by Crippen LogP contribution is 2.28.